The van der Waals surface area contributed by atoms with Crippen LogP contribution in [0.3, 0.4) is 0 Å². The number of Topliss-reactive ketones (excluding diaryl/α,β-unsaturated/α-hetero) is 1. The number of benzene rings is 2. The van der Waals surface area contributed by atoms with Crippen molar-refractivity contribution in [3.63, 3.8) is 0 Å². The molecule has 204 valence electrons. The Labute approximate surface area is 227 Å². The summed E-state index contributed by atoms with van der Waals surface area (Å²) in [7, 11) is 0. The monoisotopic (exact) mass is 532 g/mol. The molecule has 9 heteroatoms. The first-order valence-corrected chi connectivity index (χ1v) is 13.4. The van der Waals surface area contributed by atoms with Crippen molar-refractivity contribution < 1.29 is 28.7 Å². The van der Waals surface area contributed by atoms with E-state index in [2.05, 4.69) is 5.32 Å². The van der Waals surface area contributed by atoms with Gasteiger partial charge >= 0.3 is 5.97 Å². The summed E-state index contributed by atoms with van der Waals surface area (Å²) in [4.78, 5) is 38.0. The maximum atomic E-state index is 13.8. The molecule has 1 fully saturated rings. The van der Waals surface area contributed by atoms with Crippen LogP contribution in [-0.4, -0.2) is 42.6 Å². The molecule has 9 nitrogen and oxygen atoms in total. The van der Waals surface area contributed by atoms with Gasteiger partial charge in [-0.2, -0.15) is 0 Å². The zero-order valence-electron chi connectivity index (χ0n) is 22.1. The number of ether oxygens (including phenoxy) is 3. The average molecular weight is 533 g/mol. The molecule has 3 unspecified atom stereocenters. The smallest absolute Gasteiger partial charge is 0.336 e. The van der Waals surface area contributed by atoms with Crippen molar-refractivity contribution >= 4 is 17.4 Å². The van der Waals surface area contributed by atoms with Gasteiger partial charge in [0.2, 0.25) is 0 Å². The highest BCUT2D eigenvalue weighted by molar-refractivity contribution is 6.04. The van der Waals surface area contributed by atoms with Gasteiger partial charge in [0.25, 0.3) is 5.69 Å². The fourth-order valence-electron chi connectivity index (χ4n) is 5.69. The van der Waals surface area contributed by atoms with Crippen molar-refractivity contribution in [2.45, 2.75) is 57.5 Å². The molecule has 0 spiro atoms. The number of hydrogen-bond acceptors (Lipinski definition) is 8. The molecule has 3 aliphatic rings. The van der Waals surface area contributed by atoms with Gasteiger partial charge in [0.15, 0.2) is 5.78 Å². The van der Waals surface area contributed by atoms with Gasteiger partial charge < -0.3 is 19.5 Å². The number of rotatable bonds is 8. The standard InChI is InChI=1S/C30H32N2O7/c1-3-37-23-12-8-19(9-13-23)21-15-25-29(26(33)16-21)28(20-6-10-22(11-7-20)32(35)36)27(18(2)31-25)30(34)39-17-24-5-4-14-38-24/h6-13,21,24,28,31H,3-5,14-17H2,1-2H3. The van der Waals surface area contributed by atoms with E-state index in [1.807, 2.05) is 31.2 Å². The Morgan fingerprint density at radius 1 is 1.10 bits per heavy atom. The molecule has 1 saturated heterocycles. The first kappa shape index (κ1) is 26.6. The zero-order valence-corrected chi connectivity index (χ0v) is 22.1. The van der Waals surface area contributed by atoms with Crippen LogP contribution < -0.4 is 10.1 Å². The SMILES string of the molecule is CCOc1ccc(C2CC(=O)C3=C(C2)NC(C)=C(C(=O)OCC2CCCO2)C3c2ccc([N+](=O)[O-])cc2)cc1. The van der Waals surface area contributed by atoms with E-state index in [-0.39, 0.29) is 36.5 Å². The van der Waals surface area contributed by atoms with Crippen molar-refractivity contribution in [1.82, 2.24) is 5.32 Å². The number of carbonyl (C=O) groups excluding carboxylic acids is 2. The first-order chi connectivity index (χ1) is 18.9. The Bertz CT molecular complexity index is 1320. The number of dihydropyridines is 1. The summed E-state index contributed by atoms with van der Waals surface area (Å²) in [6.07, 6.45) is 2.50. The zero-order chi connectivity index (χ0) is 27.5. The van der Waals surface area contributed by atoms with E-state index in [4.69, 9.17) is 14.2 Å². The molecule has 2 aromatic carbocycles. The number of nitro benzene ring substituents is 1. The second-order valence-corrected chi connectivity index (χ2v) is 10.1. The third kappa shape index (κ3) is 5.59. The van der Waals surface area contributed by atoms with E-state index in [9.17, 15) is 19.7 Å². The molecular weight excluding hydrogens is 500 g/mol. The molecule has 1 aliphatic carbocycles. The molecule has 0 radical (unpaired) electrons. The largest absolute Gasteiger partial charge is 0.494 e. The van der Waals surface area contributed by atoms with E-state index in [0.717, 1.165) is 29.9 Å². The molecule has 2 aromatic rings. The molecule has 2 heterocycles. The van der Waals surface area contributed by atoms with E-state index in [1.54, 1.807) is 19.1 Å². The molecule has 39 heavy (non-hydrogen) atoms. The number of allylic oxidation sites excluding steroid dienone is 3. The molecule has 0 aromatic heterocycles. The van der Waals surface area contributed by atoms with Crippen LogP contribution in [-0.2, 0) is 19.1 Å². The molecule has 0 bridgehead atoms. The molecule has 0 saturated carbocycles. The number of nitrogens with zero attached hydrogens (tertiary/aromatic N) is 1. The lowest BCUT2D eigenvalue weighted by molar-refractivity contribution is -0.384. The molecule has 0 amide bonds. The van der Waals surface area contributed by atoms with Crippen molar-refractivity contribution in [1.29, 1.82) is 0 Å². The van der Waals surface area contributed by atoms with Crippen LogP contribution in [0.5, 0.6) is 5.75 Å². The summed E-state index contributed by atoms with van der Waals surface area (Å²) < 4.78 is 16.8. The number of ketones is 1. The fraction of sp³-hybridized carbons (Fsp3) is 0.400. The highest BCUT2D eigenvalue weighted by Crippen LogP contribution is 2.46. The molecule has 1 N–H and O–H groups in total. The second-order valence-electron chi connectivity index (χ2n) is 10.1. The number of non-ortho nitro benzene ring substituents is 1. The van der Waals surface area contributed by atoms with Gasteiger partial charge in [0.1, 0.15) is 12.4 Å². The predicted octanol–water partition coefficient (Wildman–Crippen LogP) is 5.08. The van der Waals surface area contributed by atoms with E-state index in [1.165, 1.54) is 12.1 Å². The van der Waals surface area contributed by atoms with Crippen molar-refractivity contribution in [2.24, 2.45) is 0 Å². The van der Waals surface area contributed by atoms with Crippen LogP contribution in [0.1, 0.15) is 62.5 Å². The number of nitro groups is 1. The van der Waals surface area contributed by atoms with Crippen LogP contribution in [0, 0.1) is 10.1 Å². The minimum atomic E-state index is -0.687. The Morgan fingerprint density at radius 2 is 1.82 bits per heavy atom. The molecular formula is C30H32N2O7. The lowest BCUT2D eigenvalue weighted by atomic mass is 9.71. The lowest BCUT2D eigenvalue weighted by Gasteiger charge is -2.36. The Kier molecular flexibility index (Phi) is 7.79. The van der Waals surface area contributed by atoms with Crippen LogP contribution in [0.25, 0.3) is 0 Å². The van der Waals surface area contributed by atoms with Gasteiger partial charge in [0, 0.05) is 48.0 Å². The van der Waals surface area contributed by atoms with Gasteiger partial charge in [-0.1, -0.05) is 24.3 Å². The van der Waals surface area contributed by atoms with Gasteiger partial charge in [-0.25, -0.2) is 4.79 Å². The van der Waals surface area contributed by atoms with Gasteiger partial charge in [-0.05, 0) is 62.3 Å². The maximum Gasteiger partial charge on any atom is 0.336 e. The summed E-state index contributed by atoms with van der Waals surface area (Å²) in [5.74, 6) is -0.525. The minimum absolute atomic E-state index is 0.0299. The Balaban J connectivity index is 1.48. The van der Waals surface area contributed by atoms with Crippen molar-refractivity contribution in [2.75, 3.05) is 19.8 Å². The second kappa shape index (κ2) is 11.4. The summed E-state index contributed by atoms with van der Waals surface area (Å²) in [6, 6.07) is 13.8. The summed E-state index contributed by atoms with van der Waals surface area (Å²) >= 11 is 0. The fourth-order valence-corrected chi connectivity index (χ4v) is 5.69. The Morgan fingerprint density at radius 3 is 2.46 bits per heavy atom. The van der Waals surface area contributed by atoms with E-state index < -0.39 is 16.8 Å². The molecule has 2 aliphatic heterocycles. The van der Waals surface area contributed by atoms with Gasteiger partial charge in [-0.15, -0.1) is 0 Å². The highest BCUT2D eigenvalue weighted by atomic mass is 16.6. The topological polar surface area (TPSA) is 117 Å². The van der Waals surface area contributed by atoms with Crippen LogP contribution in [0.4, 0.5) is 5.69 Å². The molecule has 3 atom stereocenters. The number of nitrogens with one attached hydrogen (secondary N) is 1. The number of carbonyl (C=O) groups is 2. The third-order valence-electron chi connectivity index (χ3n) is 7.57. The van der Waals surface area contributed by atoms with E-state index in [0.29, 0.717) is 42.0 Å². The predicted molar refractivity (Wildman–Crippen MR) is 143 cm³/mol. The quantitative estimate of drug-likeness (QED) is 0.284. The van der Waals surface area contributed by atoms with Crippen LogP contribution >= 0.6 is 0 Å². The Hall–Kier alpha value is -3.98. The minimum Gasteiger partial charge on any atom is -0.494 e. The first-order valence-electron chi connectivity index (χ1n) is 13.4. The number of hydrogen-bond donors (Lipinski definition) is 1. The van der Waals surface area contributed by atoms with Gasteiger partial charge in [-0.3, -0.25) is 14.9 Å². The lowest BCUT2D eigenvalue weighted by Crippen LogP contribution is -2.36. The summed E-state index contributed by atoms with van der Waals surface area (Å²) in [6.45, 7) is 5.10. The highest BCUT2D eigenvalue weighted by Gasteiger charge is 2.41. The number of esters is 1. The van der Waals surface area contributed by atoms with E-state index >= 15 is 0 Å². The normalized spacial score (nSPS) is 22.8. The average Bonchev–Trinajstić information content (AvgIpc) is 3.45. The third-order valence-corrected chi connectivity index (χ3v) is 7.57. The van der Waals surface area contributed by atoms with Crippen LogP contribution in [0.15, 0.2) is 71.1 Å². The summed E-state index contributed by atoms with van der Waals surface area (Å²) in [5, 5.41) is 14.6. The molecule has 5 rings (SSSR count). The maximum absolute atomic E-state index is 13.8. The van der Waals surface area contributed by atoms with Crippen LogP contribution in [0.2, 0.25) is 0 Å². The summed E-state index contributed by atoms with van der Waals surface area (Å²) in [5.41, 5.74) is 3.84. The van der Waals surface area contributed by atoms with Crippen molar-refractivity contribution in [3.8, 4) is 5.75 Å². The van der Waals surface area contributed by atoms with Crippen molar-refractivity contribution in [3.05, 3.63) is 92.3 Å². The van der Waals surface area contributed by atoms with Gasteiger partial charge in [0.05, 0.1) is 23.2 Å².